The molecule has 1 aromatic carbocycles. The molecule has 6 heteroatoms. The molecule has 0 unspecified atom stereocenters. The van der Waals surface area contributed by atoms with Gasteiger partial charge in [0.2, 0.25) is 0 Å². The van der Waals surface area contributed by atoms with Gasteiger partial charge in [-0.15, -0.1) is 5.11 Å². The first kappa shape index (κ1) is 13.9. The maximum absolute atomic E-state index is 10.8. The van der Waals surface area contributed by atoms with Crippen LogP contribution < -0.4 is 0 Å². The van der Waals surface area contributed by atoms with Crippen LogP contribution in [-0.2, 0) is 0 Å². The van der Waals surface area contributed by atoms with E-state index in [1.165, 1.54) is 6.07 Å². The van der Waals surface area contributed by atoms with Crippen molar-refractivity contribution in [3.8, 4) is 0 Å². The Morgan fingerprint density at radius 2 is 2.06 bits per heavy atom. The van der Waals surface area contributed by atoms with Crippen LogP contribution in [0.4, 0.5) is 5.69 Å². The molecule has 1 rings (SSSR count). The smallest absolute Gasteiger partial charge is 0.335 e. The van der Waals surface area contributed by atoms with Crippen LogP contribution in [0.2, 0.25) is 0 Å². The molecule has 0 spiro atoms. The maximum atomic E-state index is 10.8. The fourth-order valence-corrected chi connectivity index (χ4v) is 1.81. The molecule has 0 aliphatic heterocycles. The zero-order valence-electron chi connectivity index (χ0n) is 9.72. The number of hydrogen-bond acceptors (Lipinski definition) is 3. The zero-order chi connectivity index (χ0) is 12.8. The molecule has 0 saturated carbocycles. The van der Waals surface area contributed by atoms with Gasteiger partial charge < -0.3 is 5.11 Å². The van der Waals surface area contributed by atoms with Crippen molar-refractivity contribution in [1.82, 2.24) is 5.01 Å². The normalized spacial score (nSPS) is 10.8. The monoisotopic (exact) mass is 347 g/mol. The van der Waals surface area contributed by atoms with Gasteiger partial charge in [0.15, 0.2) is 0 Å². The fourth-order valence-electron chi connectivity index (χ4n) is 1.18. The van der Waals surface area contributed by atoms with Crippen LogP contribution in [-0.4, -0.2) is 29.2 Å². The van der Waals surface area contributed by atoms with Crippen molar-refractivity contribution < 1.29 is 9.90 Å². The quantitative estimate of drug-likeness (QED) is 0.505. The number of carboxylic acids is 1. The average Bonchev–Trinajstić information content (AvgIpc) is 2.31. The Labute approximate surface area is 114 Å². The predicted molar refractivity (Wildman–Crippen MR) is 73.6 cm³/mol. The van der Waals surface area contributed by atoms with Crippen molar-refractivity contribution in [2.75, 3.05) is 13.1 Å². The highest BCUT2D eigenvalue weighted by Crippen LogP contribution is 2.23. The zero-order valence-corrected chi connectivity index (χ0v) is 11.9. The Morgan fingerprint density at radius 1 is 1.41 bits per heavy atom. The fraction of sp³-hybridized carbons (Fsp3) is 0.364. The number of carboxylic acid groups (broad SMARTS) is 1. The molecule has 1 aromatic rings. The number of hydrogen-bond donors (Lipinski definition) is 1. The van der Waals surface area contributed by atoms with Gasteiger partial charge in [-0.05, 0) is 54.6 Å². The summed E-state index contributed by atoms with van der Waals surface area (Å²) in [5, 5.41) is 18.8. The van der Waals surface area contributed by atoms with Gasteiger partial charge in [-0.3, -0.25) is 5.01 Å². The highest BCUT2D eigenvalue weighted by molar-refractivity contribution is 14.1. The molecule has 0 aliphatic carbocycles. The lowest BCUT2D eigenvalue weighted by molar-refractivity contribution is 0.0697. The van der Waals surface area contributed by atoms with Crippen LogP contribution in [0.15, 0.2) is 28.5 Å². The van der Waals surface area contributed by atoms with Crippen LogP contribution in [0.1, 0.15) is 24.2 Å². The van der Waals surface area contributed by atoms with Crippen LogP contribution in [0.5, 0.6) is 0 Å². The van der Waals surface area contributed by atoms with Crippen molar-refractivity contribution in [3.05, 3.63) is 27.3 Å². The third kappa shape index (κ3) is 3.95. The van der Waals surface area contributed by atoms with E-state index in [1.54, 1.807) is 12.1 Å². The molecule has 0 bridgehead atoms. The van der Waals surface area contributed by atoms with Gasteiger partial charge in [-0.1, -0.05) is 5.22 Å². The van der Waals surface area contributed by atoms with Crippen LogP contribution in [0.3, 0.4) is 0 Å². The van der Waals surface area contributed by atoms with Crippen molar-refractivity contribution in [3.63, 3.8) is 0 Å². The SMILES string of the molecule is CCN(CC)N=Nc1ccc(C(=O)O)cc1I. The summed E-state index contributed by atoms with van der Waals surface area (Å²) in [6.07, 6.45) is 0. The van der Waals surface area contributed by atoms with Crippen LogP contribution in [0.25, 0.3) is 0 Å². The summed E-state index contributed by atoms with van der Waals surface area (Å²) in [5.74, 6) is -0.935. The van der Waals surface area contributed by atoms with Gasteiger partial charge in [0.1, 0.15) is 5.69 Å². The van der Waals surface area contributed by atoms with Crippen LogP contribution in [0, 0.1) is 3.57 Å². The minimum atomic E-state index is -0.935. The van der Waals surface area contributed by atoms with E-state index >= 15 is 0 Å². The molecule has 5 nitrogen and oxygen atoms in total. The van der Waals surface area contributed by atoms with E-state index in [0.717, 1.165) is 16.7 Å². The largest absolute Gasteiger partial charge is 0.478 e. The van der Waals surface area contributed by atoms with E-state index in [2.05, 4.69) is 32.9 Å². The molecule has 0 atom stereocenters. The minimum absolute atomic E-state index is 0.260. The summed E-state index contributed by atoms with van der Waals surface area (Å²) in [7, 11) is 0. The van der Waals surface area contributed by atoms with Gasteiger partial charge in [0.05, 0.1) is 5.56 Å². The number of benzene rings is 1. The Balaban J connectivity index is 2.89. The lowest BCUT2D eigenvalue weighted by Gasteiger charge is -2.11. The Morgan fingerprint density at radius 3 is 2.53 bits per heavy atom. The van der Waals surface area contributed by atoms with E-state index in [9.17, 15) is 4.79 Å². The second kappa shape index (κ2) is 6.53. The number of rotatable bonds is 5. The van der Waals surface area contributed by atoms with Gasteiger partial charge in [0, 0.05) is 16.7 Å². The van der Waals surface area contributed by atoms with E-state index in [4.69, 9.17) is 5.11 Å². The topological polar surface area (TPSA) is 65.3 Å². The van der Waals surface area contributed by atoms with Gasteiger partial charge in [0.25, 0.3) is 0 Å². The summed E-state index contributed by atoms with van der Waals surface area (Å²) < 4.78 is 0.776. The summed E-state index contributed by atoms with van der Waals surface area (Å²) in [5.41, 5.74) is 0.943. The molecule has 0 amide bonds. The maximum Gasteiger partial charge on any atom is 0.335 e. The number of halogens is 1. The molecule has 0 fully saturated rings. The van der Waals surface area contributed by atoms with Crippen molar-refractivity contribution >= 4 is 34.2 Å². The summed E-state index contributed by atoms with van der Waals surface area (Å²) in [4.78, 5) is 10.8. The first-order valence-corrected chi connectivity index (χ1v) is 6.35. The van der Waals surface area contributed by atoms with Crippen LogP contribution >= 0.6 is 22.6 Å². The first-order valence-electron chi connectivity index (χ1n) is 5.28. The van der Waals surface area contributed by atoms with Crippen molar-refractivity contribution in [2.45, 2.75) is 13.8 Å². The third-order valence-corrected chi connectivity index (χ3v) is 3.07. The Kier molecular flexibility index (Phi) is 5.33. The molecule has 0 radical (unpaired) electrons. The molecule has 17 heavy (non-hydrogen) atoms. The lowest BCUT2D eigenvalue weighted by atomic mass is 10.2. The predicted octanol–water partition coefficient (Wildman–Crippen LogP) is 3.33. The molecule has 92 valence electrons. The lowest BCUT2D eigenvalue weighted by Crippen LogP contribution is -2.14. The molecule has 0 heterocycles. The highest BCUT2D eigenvalue weighted by Gasteiger charge is 2.06. The first-order chi connectivity index (χ1) is 8.08. The van der Waals surface area contributed by atoms with E-state index in [1.807, 2.05) is 18.9 Å². The Hall–Kier alpha value is -1.18. The van der Waals surface area contributed by atoms with E-state index in [-0.39, 0.29) is 5.56 Å². The second-order valence-electron chi connectivity index (χ2n) is 3.30. The van der Waals surface area contributed by atoms with Crippen molar-refractivity contribution in [1.29, 1.82) is 0 Å². The number of nitrogens with zero attached hydrogens (tertiary/aromatic N) is 3. The summed E-state index contributed by atoms with van der Waals surface area (Å²) in [6.45, 7) is 5.59. The molecule has 1 N–H and O–H groups in total. The van der Waals surface area contributed by atoms with Crippen molar-refractivity contribution in [2.24, 2.45) is 10.3 Å². The molecule has 0 saturated heterocycles. The Bertz CT molecular complexity index is 431. The van der Waals surface area contributed by atoms with E-state index in [0.29, 0.717) is 5.69 Å². The highest BCUT2D eigenvalue weighted by atomic mass is 127. The van der Waals surface area contributed by atoms with Gasteiger partial charge in [-0.25, -0.2) is 4.79 Å². The third-order valence-electron chi connectivity index (χ3n) is 2.20. The number of carbonyl (C=O) groups is 1. The van der Waals surface area contributed by atoms with E-state index < -0.39 is 5.97 Å². The summed E-state index contributed by atoms with van der Waals surface area (Å²) in [6, 6.07) is 4.78. The molecular weight excluding hydrogens is 333 g/mol. The average molecular weight is 347 g/mol. The van der Waals surface area contributed by atoms with Gasteiger partial charge in [-0.2, -0.15) is 0 Å². The summed E-state index contributed by atoms with van der Waals surface area (Å²) >= 11 is 2.05. The molecular formula is C11H14IN3O2. The molecule has 0 aliphatic rings. The number of aromatic carboxylic acids is 1. The second-order valence-corrected chi connectivity index (χ2v) is 4.46. The van der Waals surface area contributed by atoms with Gasteiger partial charge >= 0.3 is 5.97 Å². The minimum Gasteiger partial charge on any atom is -0.478 e. The molecule has 0 aromatic heterocycles. The standard InChI is InChI=1S/C11H14IN3O2/c1-3-15(4-2)14-13-10-6-5-8(11(16)17)7-9(10)12/h5-7H,3-4H2,1-2H3,(H,16,17).